The quantitative estimate of drug-likeness (QED) is 0.874. The van der Waals surface area contributed by atoms with Crippen molar-refractivity contribution < 1.29 is 9.18 Å². The molecule has 0 aliphatic carbocycles. The molecule has 2 aromatic rings. The second-order valence-electron chi connectivity index (χ2n) is 5.11. The Morgan fingerprint density at radius 3 is 2.57 bits per heavy atom. The van der Waals surface area contributed by atoms with Gasteiger partial charge in [0.2, 0.25) is 5.91 Å². The van der Waals surface area contributed by atoms with E-state index in [0.29, 0.717) is 6.54 Å². The fourth-order valence-corrected chi connectivity index (χ4v) is 1.91. The number of aromatic nitrogens is 1. The fourth-order valence-electron chi connectivity index (χ4n) is 1.91. The molecule has 1 aromatic heterocycles. The summed E-state index contributed by atoms with van der Waals surface area (Å²) in [6, 6.07) is 9.13. The van der Waals surface area contributed by atoms with E-state index in [2.05, 4.69) is 5.32 Å². The van der Waals surface area contributed by atoms with E-state index in [-0.39, 0.29) is 47.8 Å². The number of nitrogens with two attached hydrogens (primary N) is 1. The fraction of sp³-hybridized carbons (Fsp3) is 0.250. The van der Waals surface area contributed by atoms with Crippen LogP contribution in [0.1, 0.15) is 12.5 Å². The molecule has 124 valence electrons. The molecule has 0 aliphatic rings. The summed E-state index contributed by atoms with van der Waals surface area (Å²) in [6.07, 6.45) is 1.62. The van der Waals surface area contributed by atoms with Gasteiger partial charge in [-0.3, -0.25) is 9.59 Å². The number of anilines is 1. The third-order valence-electron chi connectivity index (χ3n) is 3.35. The first-order chi connectivity index (χ1) is 10.5. The Morgan fingerprint density at radius 2 is 1.96 bits per heavy atom. The molecule has 23 heavy (non-hydrogen) atoms. The van der Waals surface area contributed by atoms with Gasteiger partial charge in [-0.05, 0) is 29.8 Å². The molecule has 0 bridgehead atoms. The SMILES string of the molecule is CC(CN)C(=O)Nc1cccn(Cc2ccc(F)cc2)c1=O.Cl. The highest BCUT2D eigenvalue weighted by Gasteiger charge is 2.13. The van der Waals surface area contributed by atoms with Crippen LogP contribution in [0.2, 0.25) is 0 Å². The Kier molecular flexibility index (Phi) is 6.93. The zero-order valence-corrected chi connectivity index (χ0v) is 13.5. The van der Waals surface area contributed by atoms with E-state index in [9.17, 15) is 14.0 Å². The monoisotopic (exact) mass is 339 g/mol. The predicted molar refractivity (Wildman–Crippen MR) is 90.3 cm³/mol. The molecule has 3 N–H and O–H groups in total. The lowest BCUT2D eigenvalue weighted by molar-refractivity contribution is -0.119. The smallest absolute Gasteiger partial charge is 0.274 e. The van der Waals surface area contributed by atoms with E-state index in [1.54, 1.807) is 37.4 Å². The first-order valence-electron chi connectivity index (χ1n) is 6.96. The molecule has 1 unspecified atom stereocenters. The van der Waals surface area contributed by atoms with E-state index < -0.39 is 0 Å². The average molecular weight is 340 g/mol. The normalized spacial score (nSPS) is 11.4. The van der Waals surface area contributed by atoms with Gasteiger partial charge in [-0.25, -0.2) is 4.39 Å². The van der Waals surface area contributed by atoms with Gasteiger partial charge in [-0.15, -0.1) is 12.4 Å². The number of halogens is 2. The van der Waals surface area contributed by atoms with Crippen molar-refractivity contribution in [2.24, 2.45) is 11.7 Å². The van der Waals surface area contributed by atoms with Gasteiger partial charge in [0.1, 0.15) is 11.5 Å². The zero-order valence-electron chi connectivity index (χ0n) is 12.7. The van der Waals surface area contributed by atoms with Crippen molar-refractivity contribution in [1.82, 2.24) is 4.57 Å². The Morgan fingerprint density at radius 1 is 1.30 bits per heavy atom. The highest BCUT2D eigenvalue weighted by molar-refractivity contribution is 5.92. The first-order valence-corrected chi connectivity index (χ1v) is 6.96. The number of carbonyl (C=O) groups excluding carboxylic acids is 1. The maximum Gasteiger partial charge on any atom is 0.274 e. The van der Waals surface area contributed by atoms with E-state index >= 15 is 0 Å². The van der Waals surface area contributed by atoms with Crippen molar-refractivity contribution in [3.05, 3.63) is 64.3 Å². The van der Waals surface area contributed by atoms with Crippen LogP contribution in [-0.4, -0.2) is 17.0 Å². The molecule has 2 rings (SSSR count). The lowest BCUT2D eigenvalue weighted by Gasteiger charge is -2.11. The zero-order chi connectivity index (χ0) is 16.1. The summed E-state index contributed by atoms with van der Waals surface area (Å²) in [6.45, 7) is 2.20. The third kappa shape index (κ3) is 4.91. The average Bonchev–Trinajstić information content (AvgIpc) is 2.52. The van der Waals surface area contributed by atoms with E-state index in [1.807, 2.05) is 0 Å². The van der Waals surface area contributed by atoms with Crippen LogP contribution in [-0.2, 0) is 11.3 Å². The van der Waals surface area contributed by atoms with Crippen LogP contribution in [0.25, 0.3) is 0 Å². The number of carbonyl (C=O) groups is 1. The molecule has 0 spiro atoms. The number of nitrogens with one attached hydrogen (secondary N) is 1. The summed E-state index contributed by atoms with van der Waals surface area (Å²) in [4.78, 5) is 24.2. The van der Waals surface area contributed by atoms with Gasteiger partial charge in [0.25, 0.3) is 5.56 Å². The number of rotatable bonds is 5. The van der Waals surface area contributed by atoms with Crippen molar-refractivity contribution in [3.63, 3.8) is 0 Å². The molecule has 0 fully saturated rings. The molecule has 0 saturated heterocycles. The summed E-state index contributed by atoms with van der Waals surface area (Å²) in [5, 5.41) is 2.58. The molecule has 7 heteroatoms. The number of benzene rings is 1. The highest BCUT2D eigenvalue weighted by Crippen LogP contribution is 2.06. The van der Waals surface area contributed by atoms with Crippen LogP contribution >= 0.6 is 12.4 Å². The highest BCUT2D eigenvalue weighted by atomic mass is 35.5. The number of hydrogen-bond donors (Lipinski definition) is 2. The number of amides is 1. The molecule has 0 aliphatic heterocycles. The molecule has 1 amide bonds. The third-order valence-corrected chi connectivity index (χ3v) is 3.35. The van der Waals surface area contributed by atoms with Gasteiger partial charge in [-0.1, -0.05) is 19.1 Å². The summed E-state index contributed by atoms with van der Waals surface area (Å²) >= 11 is 0. The molecule has 1 heterocycles. The summed E-state index contributed by atoms with van der Waals surface area (Å²) in [7, 11) is 0. The van der Waals surface area contributed by atoms with Crippen molar-refractivity contribution in [2.45, 2.75) is 13.5 Å². The van der Waals surface area contributed by atoms with Crippen molar-refractivity contribution in [2.75, 3.05) is 11.9 Å². The van der Waals surface area contributed by atoms with Gasteiger partial charge in [-0.2, -0.15) is 0 Å². The van der Waals surface area contributed by atoms with E-state index in [4.69, 9.17) is 5.73 Å². The molecule has 1 atom stereocenters. The topological polar surface area (TPSA) is 77.1 Å². The first kappa shape index (κ1) is 18.9. The Hall–Kier alpha value is -2.18. The van der Waals surface area contributed by atoms with Crippen LogP contribution in [0.5, 0.6) is 0 Å². The summed E-state index contributed by atoms with van der Waals surface area (Å²) < 4.78 is 14.3. The van der Waals surface area contributed by atoms with Crippen LogP contribution in [0.3, 0.4) is 0 Å². The number of hydrogen-bond acceptors (Lipinski definition) is 3. The van der Waals surface area contributed by atoms with Gasteiger partial charge in [0.05, 0.1) is 6.54 Å². The molecule has 0 radical (unpaired) electrons. The van der Waals surface area contributed by atoms with Gasteiger partial charge in [0.15, 0.2) is 0 Å². The molecule has 5 nitrogen and oxygen atoms in total. The van der Waals surface area contributed by atoms with Crippen LogP contribution in [0.15, 0.2) is 47.4 Å². The minimum Gasteiger partial charge on any atom is -0.330 e. The number of nitrogens with zero attached hydrogens (tertiary/aromatic N) is 1. The molecular weight excluding hydrogens is 321 g/mol. The molecule has 0 saturated carbocycles. The van der Waals surface area contributed by atoms with Crippen molar-refractivity contribution >= 4 is 24.0 Å². The Balaban J connectivity index is 0.00000264. The minimum absolute atomic E-state index is 0. The number of pyridine rings is 1. The maximum atomic E-state index is 12.9. The minimum atomic E-state index is -0.370. The largest absolute Gasteiger partial charge is 0.330 e. The van der Waals surface area contributed by atoms with Gasteiger partial charge < -0.3 is 15.6 Å². The lowest BCUT2D eigenvalue weighted by Crippen LogP contribution is -2.31. The van der Waals surface area contributed by atoms with Crippen LogP contribution in [0, 0.1) is 11.7 Å². The Labute approximate surface area is 139 Å². The molecular formula is C16H19ClFN3O2. The van der Waals surface area contributed by atoms with Crippen molar-refractivity contribution in [3.8, 4) is 0 Å². The standard InChI is InChI=1S/C16H18FN3O2.ClH/c1-11(9-18)15(21)19-14-3-2-8-20(16(14)22)10-12-4-6-13(17)7-5-12;/h2-8,11H,9-10,18H2,1H3,(H,19,21);1H. The Bertz CT molecular complexity index is 716. The second kappa shape index (κ2) is 8.45. The summed E-state index contributed by atoms with van der Waals surface area (Å²) in [5.41, 5.74) is 6.12. The molecule has 1 aromatic carbocycles. The van der Waals surface area contributed by atoms with Gasteiger partial charge >= 0.3 is 0 Å². The van der Waals surface area contributed by atoms with Gasteiger partial charge in [0, 0.05) is 18.7 Å². The predicted octanol–water partition coefficient (Wildman–Crippen LogP) is 1.99. The van der Waals surface area contributed by atoms with E-state index in [0.717, 1.165) is 5.56 Å². The lowest BCUT2D eigenvalue weighted by atomic mass is 10.1. The van der Waals surface area contributed by atoms with E-state index in [1.165, 1.54) is 16.7 Å². The maximum absolute atomic E-state index is 12.9. The van der Waals surface area contributed by atoms with Crippen LogP contribution < -0.4 is 16.6 Å². The van der Waals surface area contributed by atoms with Crippen LogP contribution in [0.4, 0.5) is 10.1 Å². The van der Waals surface area contributed by atoms with Crippen molar-refractivity contribution in [1.29, 1.82) is 0 Å². The second-order valence-corrected chi connectivity index (χ2v) is 5.11. The summed E-state index contributed by atoms with van der Waals surface area (Å²) in [5.74, 6) is -0.989.